The van der Waals surface area contributed by atoms with Crippen LogP contribution >= 0.6 is 0 Å². The number of ether oxygens (including phenoxy) is 1. The summed E-state index contributed by atoms with van der Waals surface area (Å²) in [5.74, 6) is 2.15. The zero-order chi connectivity index (χ0) is 14.0. The van der Waals surface area contributed by atoms with Crippen LogP contribution in [0.4, 0.5) is 0 Å². The average Bonchev–Trinajstić information content (AvgIpc) is 3.09. The van der Waals surface area contributed by atoms with Crippen molar-refractivity contribution < 1.29 is 9.26 Å². The van der Waals surface area contributed by atoms with E-state index in [0.717, 1.165) is 30.8 Å². The molecule has 5 nitrogen and oxygen atoms in total. The third-order valence-electron chi connectivity index (χ3n) is 3.71. The summed E-state index contributed by atoms with van der Waals surface area (Å²) in [6, 6.07) is 7.77. The van der Waals surface area contributed by atoms with Gasteiger partial charge in [0.25, 0.3) is 0 Å². The molecule has 1 fully saturated rings. The molecule has 106 valence electrons. The summed E-state index contributed by atoms with van der Waals surface area (Å²) in [7, 11) is 0. The number of nitrogens with one attached hydrogen (secondary N) is 1. The molecule has 1 unspecified atom stereocenters. The van der Waals surface area contributed by atoms with Gasteiger partial charge in [-0.2, -0.15) is 4.98 Å². The highest BCUT2D eigenvalue weighted by molar-refractivity contribution is 5.57. The van der Waals surface area contributed by atoms with Gasteiger partial charge in [-0.25, -0.2) is 0 Å². The first kappa shape index (κ1) is 13.1. The topological polar surface area (TPSA) is 60.2 Å². The minimum absolute atomic E-state index is 0.0528. The van der Waals surface area contributed by atoms with Gasteiger partial charge in [-0.15, -0.1) is 0 Å². The normalized spacial score (nSPS) is 22.1. The van der Waals surface area contributed by atoms with Crippen LogP contribution in [0, 0.1) is 0 Å². The Kier molecular flexibility index (Phi) is 3.44. The highest BCUT2D eigenvalue weighted by atomic mass is 16.5. The maximum atomic E-state index is 5.50. The van der Waals surface area contributed by atoms with Gasteiger partial charge in [0.15, 0.2) is 0 Å². The second kappa shape index (κ2) is 5.25. The van der Waals surface area contributed by atoms with Crippen LogP contribution in [0.25, 0.3) is 11.4 Å². The van der Waals surface area contributed by atoms with Gasteiger partial charge in [-0.1, -0.05) is 17.3 Å². The molecule has 1 N–H and O–H groups in total. The smallest absolute Gasteiger partial charge is 0.234 e. The lowest BCUT2D eigenvalue weighted by atomic mass is 9.90. The fourth-order valence-corrected chi connectivity index (χ4v) is 2.48. The highest BCUT2D eigenvalue weighted by Gasteiger charge is 2.36. The van der Waals surface area contributed by atoms with E-state index >= 15 is 0 Å². The molecular weight excluding hydrogens is 254 g/mol. The Morgan fingerprint density at radius 1 is 1.45 bits per heavy atom. The second-order valence-corrected chi connectivity index (χ2v) is 5.37. The van der Waals surface area contributed by atoms with Crippen LogP contribution < -0.4 is 10.1 Å². The Bertz CT molecular complexity index is 588. The van der Waals surface area contributed by atoms with Crippen molar-refractivity contribution in [1.82, 2.24) is 15.5 Å². The standard InChI is InChI=1S/C15H19N3O2/c1-3-19-12-6-4-5-11(9-12)13-17-14(20-18-13)15(2)7-8-16-10-15/h4-6,9,16H,3,7-8,10H2,1-2H3. The lowest BCUT2D eigenvalue weighted by molar-refractivity contribution is 0.306. The summed E-state index contributed by atoms with van der Waals surface area (Å²) in [5, 5.41) is 7.45. The number of aromatic nitrogens is 2. The Hall–Kier alpha value is -1.88. The first-order valence-electron chi connectivity index (χ1n) is 6.99. The molecule has 0 spiro atoms. The van der Waals surface area contributed by atoms with Crippen LogP contribution in [-0.2, 0) is 5.41 Å². The monoisotopic (exact) mass is 273 g/mol. The van der Waals surface area contributed by atoms with Crippen molar-refractivity contribution in [3.05, 3.63) is 30.2 Å². The molecule has 2 aromatic rings. The van der Waals surface area contributed by atoms with Crippen molar-refractivity contribution in [3.8, 4) is 17.1 Å². The molecule has 5 heteroatoms. The molecule has 0 bridgehead atoms. The van der Waals surface area contributed by atoms with Crippen molar-refractivity contribution in [2.45, 2.75) is 25.7 Å². The van der Waals surface area contributed by atoms with E-state index in [4.69, 9.17) is 9.26 Å². The van der Waals surface area contributed by atoms with Crippen LogP contribution in [0.1, 0.15) is 26.2 Å². The maximum absolute atomic E-state index is 5.50. The van der Waals surface area contributed by atoms with Crippen LogP contribution in [0.15, 0.2) is 28.8 Å². The predicted molar refractivity (Wildman–Crippen MR) is 75.7 cm³/mol. The minimum Gasteiger partial charge on any atom is -0.494 e. The van der Waals surface area contributed by atoms with Crippen LogP contribution in [0.5, 0.6) is 5.75 Å². The van der Waals surface area contributed by atoms with Crippen molar-refractivity contribution in [2.75, 3.05) is 19.7 Å². The average molecular weight is 273 g/mol. The molecule has 1 atom stereocenters. The fraction of sp³-hybridized carbons (Fsp3) is 0.467. The van der Waals surface area contributed by atoms with Crippen molar-refractivity contribution in [1.29, 1.82) is 0 Å². The van der Waals surface area contributed by atoms with Gasteiger partial charge in [-0.05, 0) is 38.9 Å². The minimum atomic E-state index is -0.0528. The quantitative estimate of drug-likeness (QED) is 0.926. The molecule has 1 aliphatic heterocycles. The summed E-state index contributed by atoms with van der Waals surface area (Å²) >= 11 is 0. The third-order valence-corrected chi connectivity index (χ3v) is 3.71. The summed E-state index contributed by atoms with van der Waals surface area (Å²) in [6.45, 7) is 6.64. The number of rotatable bonds is 4. The van der Waals surface area contributed by atoms with Crippen molar-refractivity contribution in [3.63, 3.8) is 0 Å². The van der Waals surface area contributed by atoms with E-state index in [1.54, 1.807) is 0 Å². The lowest BCUT2D eigenvalue weighted by Crippen LogP contribution is -2.25. The largest absolute Gasteiger partial charge is 0.494 e. The van der Waals surface area contributed by atoms with E-state index in [1.165, 1.54) is 0 Å². The molecule has 0 aliphatic carbocycles. The Labute approximate surface area is 118 Å². The van der Waals surface area contributed by atoms with Gasteiger partial charge in [0, 0.05) is 12.1 Å². The molecule has 3 rings (SSSR count). The van der Waals surface area contributed by atoms with Crippen LogP contribution in [0.2, 0.25) is 0 Å². The van der Waals surface area contributed by atoms with Crippen LogP contribution in [-0.4, -0.2) is 29.8 Å². The van der Waals surface area contributed by atoms with Gasteiger partial charge in [0.05, 0.1) is 12.0 Å². The maximum Gasteiger partial charge on any atom is 0.234 e. The highest BCUT2D eigenvalue weighted by Crippen LogP contribution is 2.30. The number of benzene rings is 1. The van der Waals surface area contributed by atoms with Gasteiger partial charge < -0.3 is 14.6 Å². The fourth-order valence-electron chi connectivity index (χ4n) is 2.48. The molecule has 0 amide bonds. The van der Waals surface area contributed by atoms with Crippen molar-refractivity contribution in [2.24, 2.45) is 0 Å². The van der Waals surface area contributed by atoms with Gasteiger partial charge in [-0.3, -0.25) is 0 Å². The number of hydrogen-bond donors (Lipinski definition) is 1. The summed E-state index contributed by atoms with van der Waals surface area (Å²) in [4.78, 5) is 4.56. The molecule has 1 aromatic carbocycles. The third kappa shape index (κ3) is 2.41. The number of nitrogens with zero attached hydrogens (tertiary/aromatic N) is 2. The van der Waals surface area contributed by atoms with Crippen molar-refractivity contribution >= 4 is 0 Å². The van der Waals surface area contributed by atoms with Gasteiger partial charge in [0.1, 0.15) is 5.75 Å². The Balaban J connectivity index is 1.88. The molecule has 1 saturated heterocycles. The zero-order valence-corrected chi connectivity index (χ0v) is 11.8. The van der Waals surface area contributed by atoms with E-state index in [2.05, 4.69) is 22.4 Å². The second-order valence-electron chi connectivity index (χ2n) is 5.37. The Morgan fingerprint density at radius 3 is 3.10 bits per heavy atom. The van der Waals surface area contributed by atoms with E-state index < -0.39 is 0 Å². The van der Waals surface area contributed by atoms with E-state index in [-0.39, 0.29) is 5.41 Å². The lowest BCUT2D eigenvalue weighted by Gasteiger charge is -2.15. The van der Waals surface area contributed by atoms with Crippen LogP contribution in [0.3, 0.4) is 0 Å². The van der Waals surface area contributed by atoms with Gasteiger partial charge in [0.2, 0.25) is 11.7 Å². The summed E-state index contributed by atoms with van der Waals surface area (Å²) in [5.41, 5.74) is 0.864. The van der Waals surface area contributed by atoms with E-state index in [0.29, 0.717) is 18.3 Å². The Morgan fingerprint density at radius 2 is 2.35 bits per heavy atom. The predicted octanol–water partition coefficient (Wildman–Crippen LogP) is 2.39. The summed E-state index contributed by atoms with van der Waals surface area (Å²) < 4.78 is 11.0. The van der Waals surface area contributed by atoms with E-state index in [1.807, 2.05) is 31.2 Å². The zero-order valence-electron chi connectivity index (χ0n) is 11.8. The molecule has 1 aromatic heterocycles. The molecule has 0 saturated carbocycles. The molecule has 0 radical (unpaired) electrons. The first-order valence-corrected chi connectivity index (χ1v) is 6.99. The molecular formula is C15H19N3O2. The molecule has 2 heterocycles. The van der Waals surface area contributed by atoms with E-state index in [9.17, 15) is 0 Å². The molecule has 20 heavy (non-hydrogen) atoms. The number of hydrogen-bond acceptors (Lipinski definition) is 5. The van der Waals surface area contributed by atoms with Gasteiger partial charge >= 0.3 is 0 Å². The molecule has 1 aliphatic rings. The SMILES string of the molecule is CCOc1cccc(-c2noc(C3(C)CCNC3)n2)c1. The summed E-state index contributed by atoms with van der Waals surface area (Å²) in [6.07, 6.45) is 1.02. The first-order chi connectivity index (χ1) is 9.71.